The van der Waals surface area contributed by atoms with Crippen LogP contribution in [0.4, 0.5) is 5.69 Å². The molecule has 0 fully saturated rings. The van der Waals surface area contributed by atoms with Crippen molar-refractivity contribution in [3.63, 3.8) is 0 Å². The van der Waals surface area contributed by atoms with Crippen molar-refractivity contribution in [2.24, 2.45) is 0 Å². The second-order valence-corrected chi connectivity index (χ2v) is 5.90. The van der Waals surface area contributed by atoms with Gasteiger partial charge in [0, 0.05) is 39.7 Å². The Hall–Kier alpha value is -0.910. The van der Waals surface area contributed by atoms with E-state index >= 15 is 0 Å². The molecule has 2 aromatic heterocycles. The Morgan fingerprint density at radius 2 is 2.24 bits per heavy atom. The van der Waals surface area contributed by atoms with E-state index in [-0.39, 0.29) is 0 Å². The second-order valence-electron chi connectivity index (χ2n) is 3.98. The van der Waals surface area contributed by atoms with Crippen LogP contribution in [0.2, 0.25) is 0 Å². The number of anilines is 1. The van der Waals surface area contributed by atoms with E-state index in [2.05, 4.69) is 44.3 Å². The van der Waals surface area contributed by atoms with Crippen molar-refractivity contribution in [2.45, 2.75) is 13.1 Å². The normalized spacial score (nSPS) is 11.0. The molecule has 0 atom stereocenters. The van der Waals surface area contributed by atoms with Crippen molar-refractivity contribution in [3.8, 4) is 0 Å². The Morgan fingerprint density at radius 1 is 1.41 bits per heavy atom. The summed E-state index contributed by atoms with van der Waals surface area (Å²) in [6.07, 6.45) is 1.75. The van der Waals surface area contributed by atoms with E-state index in [1.807, 2.05) is 6.07 Å². The van der Waals surface area contributed by atoms with E-state index in [0.717, 1.165) is 28.9 Å². The van der Waals surface area contributed by atoms with Gasteiger partial charge < -0.3 is 5.73 Å². The fourth-order valence-corrected chi connectivity index (χ4v) is 3.15. The highest BCUT2D eigenvalue weighted by Crippen LogP contribution is 2.21. The van der Waals surface area contributed by atoms with Crippen LogP contribution in [-0.4, -0.2) is 16.9 Å². The first-order valence-electron chi connectivity index (χ1n) is 5.25. The highest BCUT2D eigenvalue weighted by molar-refractivity contribution is 9.10. The monoisotopic (exact) mass is 311 g/mol. The lowest BCUT2D eigenvalue weighted by molar-refractivity contribution is 0.318. The van der Waals surface area contributed by atoms with Gasteiger partial charge in [-0.25, -0.2) is 0 Å². The third-order valence-electron chi connectivity index (χ3n) is 2.32. The maximum Gasteiger partial charge on any atom is 0.0564 e. The van der Waals surface area contributed by atoms with Crippen molar-refractivity contribution < 1.29 is 0 Å². The Balaban J connectivity index is 1.95. The number of aromatic nitrogens is 1. The Kier molecular flexibility index (Phi) is 4.15. The van der Waals surface area contributed by atoms with Gasteiger partial charge in [0.25, 0.3) is 0 Å². The Bertz CT molecular complexity index is 498. The summed E-state index contributed by atoms with van der Waals surface area (Å²) in [7, 11) is 2.08. The number of nitrogens with two attached hydrogens (primary N) is 1. The van der Waals surface area contributed by atoms with Gasteiger partial charge in [-0.15, -0.1) is 11.3 Å². The number of thiophene rings is 1. The first kappa shape index (κ1) is 12.5. The van der Waals surface area contributed by atoms with E-state index in [9.17, 15) is 0 Å². The van der Waals surface area contributed by atoms with E-state index in [0.29, 0.717) is 0 Å². The average Bonchev–Trinajstić information content (AvgIpc) is 2.63. The minimum Gasteiger partial charge on any atom is -0.399 e. The molecule has 0 radical (unpaired) electrons. The smallest absolute Gasteiger partial charge is 0.0564 e. The van der Waals surface area contributed by atoms with Crippen molar-refractivity contribution >= 4 is 33.0 Å². The molecule has 3 nitrogen and oxygen atoms in total. The highest BCUT2D eigenvalue weighted by Gasteiger charge is 2.05. The van der Waals surface area contributed by atoms with Gasteiger partial charge in [-0.3, -0.25) is 9.88 Å². The van der Waals surface area contributed by atoms with Gasteiger partial charge in [0.15, 0.2) is 0 Å². The molecule has 2 aromatic rings. The molecule has 2 N–H and O–H groups in total. The van der Waals surface area contributed by atoms with Crippen molar-refractivity contribution in [3.05, 3.63) is 44.8 Å². The molecule has 0 bridgehead atoms. The second kappa shape index (κ2) is 5.62. The summed E-state index contributed by atoms with van der Waals surface area (Å²) in [5, 5.41) is 2.10. The molecule has 0 aliphatic carbocycles. The topological polar surface area (TPSA) is 42.1 Å². The van der Waals surface area contributed by atoms with Crippen molar-refractivity contribution in [2.75, 3.05) is 12.8 Å². The minimum absolute atomic E-state index is 0.766. The summed E-state index contributed by atoms with van der Waals surface area (Å²) in [5.74, 6) is 0. The molecule has 0 spiro atoms. The number of rotatable bonds is 4. The predicted octanol–water partition coefficient (Wildman–Crippen LogP) is 3.12. The molecular weight excluding hydrogens is 298 g/mol. The number of pyridine rings is 1. The molecule has 2 rings (SSSR count). The number of nitrogen functional groups attached to an aromatic ring is 1. The summed E-state index contributed by atoms with van der Waals surface area (Å²) in [6.45, 7) is 1.73. The van der Waals surface area contributed by atoms with Gasteiger partial charge in [0.1, 0.15) is 0 Å². The molecule has 0 aliphatic rings. The maximum atomic E-state index is 5.73. The lowest BCUT2D eigenvalue weighted by atomic mass is 10.3. The first-order valence-corrected chi connectivity index (χ1v) is 6.92. The summed E-state index contributed by atoms with van der Waals surface area (Å²) in [4.78, 5) is 7.86. The molecule has 17 heavy (non-hydrogen) atoms. The average molecular weight is 312 g/mol. The fraction of sp³-hybridized carbons (Fsp3) is 0.250. The molecule has 0 aromatic carbocycles. The SMILES string of the molecule is CN(Cc1cc(N)ccn1)Cc1cc(Br)cs1. The van der Waals surface area contributed by atoms with E-state index < -0.39 is 0 Å². The lowest BCUT2D eigenvalue weighted by Crippen LogP contribution is -2.17. The number of nitrogens with zero attached hydrogens (tertiary/aromatic N) is 2. The number of hydrogen-bond donors (Lipinski definition) is 1. The van der Waals surface area contributed by atoms with Crippen LogP contribution in [0.3, 0.4) is 0 Å². The van der Waals surface area contributed by atoms with Gasteiger partial charge in [-0.1, -0.05) is 0 Å². The van der Waals surface area contributed by atoms with Crippen LogP contribution in [0.5, 0.6) is 0 Å². The van der Waals surface area contributed by atoms with Gasteiger partial charge in [-0.2, -0.15) is 0 Å². The van der Waals surface area contributed by atoms with Gasteiger partial charge in [0.05, 0.1) is 5.69 Å². The molecule has 2 heterocycles. The molecule has 0 saturated heterocycles. The Labute approximate surface area is 113 Å². The Morgan fingerprint density at radius 3 is 2.88 bits per heavy atom. The largest absolute Gasteiger partial charge is 0.399 e. The third kappa shape index (κ3) is 3.80. The summed E-state index contributed by atoms with van der Waals surface area (Å²) in [6, 6.07) is 5.87. The quantitative estimate of drug-likeness (QED) is 0.943. The van der Waals surface area contributed by atoms with Gasteiger partial charge in [0.2, 0.25) is 0 Å². The first-order chi connectivity index (χ1) is 8.13. The standard InChI is InChI=1S/C12H14BrN3S/c1-16(7-12-4-9(13)8-17-12)6-11-5-10(14)2-3-15-11/h2-5,8H,6-7H2,1H3,(H2,14,15). The molecule has 5 heteroatoms. The van der Waals surface area contributed by atoms with Gasteiger partial charge in [-0.05, 0) is 41.2 Å². The fourth-order valence-electron chi connectivity index (χ4n) is 1.62. The van der Waals surface area contributed by atoms with Crippen LogP contribution in [0, 0.1) is 0 Å². The number of hydrogen-bond acceptors (Lipinski definition) is 4. The van der Waals surface area contributed by atoms with Crippen molar-refractivity contribution in [1.82, 2.24) is 9.88 Å². The molecular formula is C12H14BrN3S. The van der Waals surface area contributed by atoms with Gasteiger partial charge >= 0.3 is 0 Å². The van der Waals surface area contributed by atoms with E-state index in [1.54, 1.807) is 23.6 Å². The van der Waals surface area contributed by atoms with E-state index in [1.165, 1.54) is 4.88 Å². The summed E-state index contributed by atoms with van der Waals surface area (Å²) in [5.41, 5.74) is 7.50. The zero-order valence-corrected chi connectivity index (χ0v) is 12.0. The maximum absolute atomic E-state index is 5.73. The molecule has 0 saturated carbocycles. The van der Waals surface area contributed by atoms with Crippen molar-refractivity contribution in [1.29, 1.82) is 0 Å². The van der Waals surface area contributed by atoms with Crippen LogP contribution in [0.1, 0.15) is 10.6 Å². The highest BCUT2D eigenvalue weighted by atomic mass is 79.9. The summed E-state index contributed by atoms with van der Waals surface area (Å²) < 4.78 is 1.15. The molecule has 90 valence electrons. The molecule has 0 aliphatic heterocycles. The van der Waals surface area contributed by atoms with Crippen LogP contribution in [0.15, 0.2) is 34.2 Å². The van der Waals surface area contributed by atoms with Crippen LogP contribution in [-0.2, 0) is 13.1 Å². The lowest BCUT2D eigenvalue weighted by Gasteiger charge is -2.15. The van der Waals surface area contributed by atoms with Crippen LogP contribution >= 0.6 is 27.3 Å². The third-order valence-corrected chi connectivity index (χ3v) is 4.00. The van der Waals surface area contributed by atoms with Crippen LogP contribution < -0.4 is 5.73 Å². The predicted molar refractivity (Wildman–Crippen MR) is 75.8 cm³/mol. The zero-order valence-electron chi connectivity index (χ0n) is 9.56. The summed E-state index contributed by atoms with van der Waals surface area (Å²) >= 11 is 5.22. The van der Waals surface area contributed by atoms with Crippen LogP contribution in [0.25, 0.3) is 0 Å². The molecule has 0 unspecified atom stereocenters. The minimum atomic E-state index is 0.766. The number of halogens is 1. The molecule has 0 amide bonds. The van der Waals surface area contributed by atoms with E-state index in [4.69, 9.17) is 5.73 Å². The zero-order chi connectivity index (χ0) is 12.3.